The molecule has 4 nitrogen and oxygen atoms in total. The van der Waals surface area contributed by atoms with Gasteiger partial charge in [-0.15, -0.1) is 0 Å². The van der Waals surface area contributed by atoms with Crippen LogP contribution in [0.4, 0.5) is 5.69 Å². The Morgan fingerprint density at radius 3 is 2.53 bits per heavy atom. The van der Waals surface area contributed by atoms with Gasteiger partial charge in [0.2, 0.25) is 11.8 Å². The van der Waals surface area contributed by atoms with Crippen LogP contribution in [0, 0.1) is 0 Å². The van der Waals surface area contributed by atoms with Crippen LogP contribution in [-0.2, 0) is 4.79 Å². The fourth-order valence-electron chi connectivity index (χ4n) is 3.93. The first kappa shape index (κ1) is 22.1. The molecule has 0 aliphatic rings. The summed E-state index contributed by atoms with van der Waals surface area (Å²) in [6.45, 7) is 4.32. The number of carbonyl (C=O) groups excluding carboxylic acids is 1. The highest BCUT2D eigenvalue weighted by Gasteiger charge is 2.13. The number of oxazole rings is 1. The number of carbonyl (C=O) groups is 1. The van der Waals surface area contributed by atoms with E-state index in [1.807, 2.05) is 60.7 Å². The molecule has 168 valence electrons. The van der Waals surface area contributed by atoms with Gasteiger partial charge in [-0.25, -0.2) is 4.98 Å². The first-order chi connectivity index (χ1) is 16.5. The van der Waals surface area contributed by atoms with Crippen LogP contribution in [0.15, 0.2) is 93.8 Å². The van der Waals surface area contributed by atoms with Crippen LogP contribution >= 0.6 is 15.9 Å². The van der Waals surface area contributed by atoms with Crippen molar-refractivity contribution in [2.24, 2.45) is 0 Å². The summed E-state index contributed by atoms with van der Waals surface area (Å²) in [5.74, 6) is 0.831. The van der Waals surface area contributed by atoms with Crippen molar-refractivity contribution in [1.29, 1.82) is 0 Å². The molecular formula is C29H23BrN2O2. The molecule has 0 aliphatic carbocycles. The van der Waals surface area contributed by atoms with Gasteiger partial charge in [0.15, 0.2) is 5.58 Å². The molecule has 4 aromatic carbocycles. The molecule has 0 aliphatic heterocycles. The number of amides is 1. The van der Waals surface area contributed by atoms with Gasteiger partial charge in [-0.1, -0.05) is 78.3 Å². The average molecular weight is 511 g/mol. The van der Waals surface area contributed by atoms with E-state index >= 15 is 0 Å². The smallest absolute Gasteiger partial charge is 0.248 e. The van der Waals surface area contributed by atoms with E-state index < -0.39 is 0 Å². The second-order valence-corrected chi connectivity index (χ2v) is 9.34. The van der Waals surface area contributed by atoms with Crippen molar-refractivity contribution in [3.63, 3.8) is 0 Å². The molecule has 5 rings (SSSR count). The maximum atomic E-state index is 12.5. The van der Waals surface area contributed by atoms with Gasteiger partial charge < -0.3 is 9.73 Å². The lowest BCUT2D eigenvalue weighted by Crippen LogP contribution is -2.07. The second kappa shape index (κ2) is 9.27. The first-order valence-electron chi connectivity index (χ1n) is 11.2. The molecule has 5 aromatic rings. The zero-order valence-corrected chi connectivity index (χ0v) is 20.5. The molecule has 34 heavy (non-hydrogen) atoms. The lowest BCUT2D eigenvalue weighted by molar-refractivity contribution is -0.111. The van der Waals surface area contributed by atoms with E-state index in [0.29, 0.717) is 28.6 Å². The summed E-state index contributed by atoms with van der Waals surface area (Å²) in [6.07, 6.45) is 3.35. The predicted molar refractivity (Wildman–Crippen MR) is 143 cm³/mol. The molecule has 1 heterocycles. The first-order valence-corrected chi connectivity index (χ1v) is 11.9. The maximum absolute atomic E-state index is 12.5. The van der Waals surface area contributed by atoms with E-state index in [0.717, 1.165) is 26.4 Å². The minimum atomic E-state index is -0.199. The van der Waals surface area contributed by atoms with Gasteiger partial charge in [0.1, 0.15) is 5.52 Å². The van der Waals surface area contributed by atoms with Gasteiger partial charge in [-0.05, 0) is 64.2 Å². The van der Waals surface area contributed by atoms with Crippen molar-refractivity contribution in [1.82, 2.24) is 4.98 Å². The summed E-state index contributed by atoms with van der Waals surface area (Å²) < 4.78 is 7.07. The summed E-state index contributed by atoms with van der Waals surface area (Å²) in [5.41, 5.74) is 5.20. The highest BCUT2D eigenvalue weighted by atomic mass is 79.9. The van der Waals surface area contributed by atoms with E-state index in [9.17, 15) is 4.79 Å². The molecule has 0 saturated carbocycles. The van der Waals surface area contributed by atoms with Crippen LogP contribution in [0.2, 0.25) is 0 Å². The Bertz CT molecular complexity index is 1530. The van der Waals surface area contributed by atoms with E-state index in [2.05, 4.69) is 59.4 Å². The minimum absolute atomic E-state index is 0.199. The summed E-state index contributed by atoms with van der Waals surface area (Å²) in [7, 11) is 0. The number of benzene rings is 4. The Labute approximate surface area is 206 Å². The van der Waals surface area contributed by atoms with E-state index in [1.165, 1.54) is 11.6 Å². The molecule has 1 N–H and O–H groups in total. The zero-order chi connectivity index (χ0) is 23.7. The van der Waals surface area contributed by atoms with Gasteiger partial charge in [-0.3, -0.25) is 4.79 Å². The van der Waals surface area contributed by atoms with E-state index in [1.54, 1.807) is 0 Å². The SMILES string of the molecule is CC(C)c1ccc(C=CC(=O)Nc2ccc3oc(-c4cccc5c(Br)cccc45)nc3c2)cc1. The molecule has 0 spiro atoms. The molecule has 1 aromatic heterocycles. The molecule has 1 amide bonds. The Balaban J connectivity index is 1.36. The third-order valence-corrected chi connectivity index (χ3v) is 6.48. The highest BCUT2D eigenvalue weighted by Crippen LogP contribution is 2.34. The standard InChI is InChI=1S/C29H23BrN2O2/c1-18(2)20-12-9-19(10-13-20)11-16-28(33)31-21-14-15-27-26(17-21)32-29(34-27)24-7-3-6-23-22(24)5-4-8-25(23)30/h3-18H,1-2H3,(H,31,33). The highest BCUT2D eigenvalue weighted by molar-refractivity contribution is 9.10. The summed E-state index contributed by atoms with van der Waals surface area (Å²) in [5, 5.41) is 5.06. The molecule has 0 atom stereocenters. The predicted octanol–water partition coefficient (Wildman–Crippen LogP) is 8.19. The molecular weight excluding hydrogens is 488 g/mol. The fourth-order valence-corrected chi connectivity index (χ4v) is 4.42. The molecule has 0 radical (unpaired) electrons. The number of hydrogen-bond acceptors (Lipinski definition) is 3. The number of nitrogens with zero attached hydrogens (tertiary/aromatic N) is 1. The van der Waals surface area contributed by atoms with Gasteiger partial charge in [0, 0.05) is 21.8 Å². The number of rotatable bonds is 5. The van der Waals surface area contributed by atoms with Crippen molar-refractivity contribution < 1.29 is 9.21 Å². The number of fused-ring (bicyclic) bond motifs is 2. The molecule has 5 heteroatoms. The lowest BCUT2D eigenvalue weighted by atomic mass is 10.0. The normalized spacial score (nSPS) is 11.6. The summed E-state index contributed by atoms with van der Waals surface area (Å²) in [6, 6.07) is 25.8. The number of anilines is 1. The van der Waals surface area contributed by atoms with Crippen molar-refractivity contribution in [3.8, 4) is 11.5 Å². The zero-order valence-electron chi connectivity index (χ0n) is 18.9. The van der Waals surface area contributed by atoms with Crippen LogP contribution in [0.1, 0.15) is 30.9 Å². The maximum Gasteiger partial charge on any atom is 0.248 e. The molecule has 0 unspecified atom stereocenters. The van der Waals surface area contributed by atoms with Crippen LogP contribution in [0.25, 0.3) is 39.4 Å². The molecule has 0 saturated heterocycles. The Morgan fingerprint density at radius 1 is 0.971 bits per heavy atom. The molecule has 0 bridgehead atoms. The van der Waals surface area contributed by atoms with E-state index in [-0.39, 0.29) is 5.91 Å². The van der Waals surface area contributed by atoms with Crippen LogP contribution in [0.3, 0.4) is 0 Å². The number of aromatic nitrogens is 1. The monoisotopic (exact) mass is 510 g/mol. The third-order valence-electron chi connectivity index (χ3n) is 5.78. The largest absolute Gasteiger partial charge is 0.436 e. The van der Waals surface area contributed by atoms with Gasteiger partial charge in [-0.2, -0.15) is 0 Å². The number of nitrogens with one attached hydrogen (secondary N) is 1. The van der Waals surface area contributed by atoms with Crippen molar-refractivity contribution in [3.05, 3.63) is 101 Å². The lowest BCUT2D eigenvalue weighted by Gasteiger charge is -2.04. The average Bonchev–Trinajstić information content (AvgIpc) is 3.26. The fraction of sp³-hybridized carbons (Fsp3) is 0.103. The van der Waals surface area contributed by atoms with E-state index in [4.69, 9.17) is 9.40 Å². The Hall–Kier alpha value is -3.70. The summed E-state index contributed by atoms with van der Waals surface area (Å²) in [4.78, 5) is 17.2. The quantitative estimate of drug-likeness (QED) is 0.242. The topological polar surface area (TPSA) is 55.1 Å². The third kappa shape index (κ3) is 4.52. The summed E-state index contributed by atoms with van der Waals surface area (Å²) >= 11 is 3.61. The van der Waals surface area contributed by atoms with Crippen LogP contribution < -0.4 is 5.32 Å². The molecule has 0 fully saturated rings. The van der Waals surface area contributed by atoms with Crippen molar-refractivity contribution in [2.75, 3.05) is 5.32 Å². The Morgan fingerprint density at radius 2 is 1.74 bits per heavy atom. The van der Waals surface area contributed by atoms with Gasteiger partial charge in [0.05, 0.1) is 0 Å². The van der Waals surface area contributed by atoms with Gasteiger partial charge >= 0.3 is 0 Å². The van der Waals surface area contributed by atoms with Gasteiger partial charge in [0.25, 0.3) is 0 Å². The minimum Gasteiger partial charge on any atom is -0.436 e. The van der Waals surface area contributed by atoms with Crippen LogP contribution in [-0.4, -0.2) is 10.9 Å². The van der Waals surface area contributed by atoms with Crippen molar-refractivity contribution >= 4 is 55.5 Å². The van der Waals surface area contributed by atoms with Crippen LogP contribution in [0.5, 0.6) is 0 Å². The number of hydrogen-bond donors (Lipinski definition) is 1. The Kier molecular flexibility index (Phi) is 6.03. The number of halogens is 1. The second-order valence-electron chi connectivity index (χ2n) is 8.49. The van der Waals surface area contributed by atoms with Crippen molar-refractivity contribution in [2.45, 2.75) is 19.8 Å².